The van der Waals surface area contributed by atoms with Crippen molar-refractivity contribution < 1.29 is 5.11 Å². The van der Waals surface area contributed by atoms with Gasteiger partial charge in [-0.1, -0.05) is 23.7 Å². The molecule has 1 aromatic carbocycles. The molecule has 0 radical (unpaired) electrons. The number of hydrogen-bond donors (Lipinski definition) is 2. The Kier molecular flexibility index (Phi) is 5.26. The monoisotopic (exact) mass is 354 g/mol. The molecule has 128 valence electrons. The maximum absolute atomic E-state index is 9.75. The molecule has 0 bridgehead atoms. The van der Waals surface area contributed by atoms with Crippen LogP contribution in [0.3, 0.4) is 0 Å². The van der Waals surface area contributed by atoms with E-state index in [0.29, 0.717) is 16.7 Å². The SMILES string of the molecule is CC(O)C(C)Nc1cc(-c2ccc(Cl)cc2)nc(-c2cccnc2)n1. The summed E-state index contributed by atoms with van der Waals surface area (Å²) in [5, 5.41) is 13.7. The fourth-order valence-electron chi connectivity index (χ4n) is 2.27. The number of aliphatic hydroxyl groups is 1. The first-order chi connectivity index (χ1) is 12.0. The molecule has 2 heterocycles. The van der Waals surface area contributed by atoms with E-state index < -0.39 is 6.10 Å². The molecule has 0 aliphatic heterocycles. The Morgan fingerprint density at radius 2 is 1.80 bits per heavy atom. The van der Waals surface area contributed by atoms with Crippen molar-refractivity contribution in [2.24, 2.45) is 0 Å². The number of nitrogens with one attached hydrogen (secondary N) is 1. The van der Waals surface area contributed by atoms with Crippen molar-refractivity contribution in [3.8, 4) is 22.6 Å². The smallest absolute Gasteiger partial charge is 0.163 e. The number of benzene rings is 1. The Balaban J connectivity index is 2.06. The third-order valence-corrected chi connectivity index (χ3v) is 4.14. The lowest BCUT2D eigenvalue weighted by Crippen LogP contribution is -2.28. The molecule has 0 aliphatic rings. The van der Waals surface area contributed by atoms with Crippen LogP contribution in [-0.2, 0) is 0 Å². The lowest BCUT2D eigenvalue weighted by atomic mass is 10.1. The van der Waals surface area contributed by atoms with E-state index in [1.165, 1.54) is 0 Å². The van der Waals surface area contributed by atoms with Crippen LogP contribution in [0.15, 0.2) is 54.9 Å². The molecule has 5 nitrogen and oxygen atoms in total. The van der Waals surface area contributed by atoms with Gasteiger partial charge in [-0.25, -0.2) is 9.97 Å². The van der Waals surface area contributed by atoms with Crippen molar-refractivity contribution in [1.82, 2.24) is 15.0 Å². The van der Waals surface area contributed by atoms with Crippen LogP contribution < -0.4 is 5.32 Å². The van der Waals surface area contributed by atoms with E-state index in [2.05, 4.69) is 20.3 Å². The van der Waals surface area contributed by atoms with Gasteiger partial charge >= 0.3 is 0 Å². The minimum Gasteiger partial charge on any atom is -0.391 e. The zero-order valence-corrected chi connectivity index (χ0v) is 14.8. The molecule has 0 amide bonds. The van der Waals surface area contributed by atoms with Crippen molar-refractivity contribution in [3.05, 3.63) is 59.9 Å². The van der Waals surface area contributed by atoms with Crippen molar-refractivity contribution in [2.75, 3.05) is 5.32 Å². The largest absolute Gasteiger partial charge is 0.391 e. The van der Waals surface area contributed by atoms with Crippen molar-refractivity contribution in [3.63, 3.8) is 0 Å². The van der Waals surface area contributed by atoms with E-state index in [0.717, 1.165) is 16.8 Å². The maximum atomic E-state index is 9.75. The Morgan fingerprint density at radius 1 is 1.04 bits per heavy atom. The molecule has 3 aromatic rings. The van der Waals surface area contributed by atoms with Crippen LogP contribution in [-0.4, -0.2) is 32.2 Å². The zero-order valence-electron chi connectivity index (χ0n) is 14.0. The molecule has 0 spiro atoms. The van der Waals surface area contributed by atoms with Gasteiger partial charge in [0.25, 0.3) is 0 Å². The summed E-state index contributed by atoms with van der Waals surface area (Å²) in [7, 11) is 0. The predicted molar refractivity (Wildman–Crippen MR) is 100 cm³/mol. The Morgan fingerprint density at radius 3 is 2.44 bits per heavy atom. The molecule has 3 rings (SSSR count). The first-order valence-electron chi connectivity index (χ1n) is 8.03. The van der Waals surface area contributed by atoms with E-state index in [4.69, 9.17) is 11.6 Å². The summed E-state index contributed by atoms with van der Waals surface area (Å²) < 4.78 is 0. The molecule has 2 N–H and O–H groups in total. The molecule has 0 saturated heterocycles. The number of pyridine rings is 1. The van der Waals surface area contributed by atoms with Crippen LogP contribution in [0.1, 0.15) is 13.8 Å². The molecular formula is C19H19ClN4O. The third-order valence-electron chi connectivity index (χ3n) is 3.89. The van der Waals surface area contributed by atoms with E-state index in [-0.39, 0.29) is 6.04 Å². The van der Waals surface area contributed by atoms with Gasteiger partial charge in [-0.15, -0.1) is 0 Å². The van der Waals surface area contributed by atoms with Gasteiger partial charge in [0.15, 0.2) is 5.82 Å². The summed E-state index contributed by atoms with van der Waals surface area (Å²) in [6.45, 7) is 3.64. The number of halogens is 1. The molecule has 0 fully saturated rings. The highest BCUT2D eigenvalue weighted by atomic mass is 35.5. The van der Waals surface area contributed by atoms with E-state index >= 15 is 0 Å². The zero-order chi connectivity index (χ0) is 17.8. The second-order valence-electron chi connectivity index (χ2n) is 5.88. The standard InChI is InChI=1S/C19H19ClN4O/c1-12(13(2)25)22-18-10-17(14-5-7-16(20)8-6-14)23-19(24-18)15-4-3-9-21-11-15/h3-13,25H,1-2H3,(H,22,23,24). The highest BCUT2D eigenvalue weighted by Crippen LogP contribution is 2.25. The minimum atomic E-state index is -0.504. The topological polar surface area (TPSA) is 70.9 Å². The molecule has 0 saturated carbocycles. The average Bonchev–Trinajstić information content (AvgIpc) is 2.62. The quantitative estimate of drug-likeness (QED) is 0.723. The fraction of sp³-hybridized carbons (Fsp3) is 0.211. The van der Waals surface area contributed by atoms with Crippen LogP contribution in [0, 0.1) is 0 Å². The normalized spacial score (nSPS) is 13.3. The number of hydrogen-bond acceptors (Lipinski definition) is 5. The molecule has 0 aliphatic carbocycles. The Labute approximate surface area is 151 Å². The van der Waals surface area contributed by atoms with Crippen LogP contribution >= 0.6 is 11.6 Å². The van der Waals surface area contributed by atoms with Gasteiger partial charge in [-0.3, -0.25) is 4.98 Å². The highest BCUT2D eigenvalue weighted by Gasteiger charge is 2.13. The Bertz CT molecular complexity index is 838. The van der Waals surface area contributed by atoms with Gasteiger partial charge in [0.1, 0.15) is 5.82 Å². The predicted octanol–water partition coefficient (Wildman–Crippen LogP) is 4.04. The first-order valence-corrected chi connectivity index (χ1v) is 8.41. The van der Waals surface area contributed by atoms with E-state index in [1.807, 2.05) is 49.4 Å². The van der Waals surface area contributed by atoms with Crippen LogP contribution in [0.2, 0.25) is 5.02 Å². The molecule has 25 heavy (non-hydrogen) atoms. The van der Waals surface area contributed by atoms with Gasteiger partial charge in [0, 0.05) is 34.6 Å². The first kappa shape index (κ1) is 17.3. The second kappa shape index (κ2) is 7.59. The van der Waals surface area contributed by atoms with Crippen molar-refractivity contribution in [1.29, 1.82) is 0 Å². The summed E-state index contributed by atoms with van der Waals surface area (Å²) in [6.07, 6.45) is 2.93. The lowest BCUT2D eigenvalue weighted by Gasteiger charge is -2.18. The molecule has 6 heteroatoms. The molecule has 2 unspecified atom stereocenters. The van der Waals surface area contributed by atoms with Crippen LogP contribution in [0.4, 0.5) is 5.82 Å². The maximum Gasteiger partial charge on any atom is 0.163 e. The minimum absolute atomic E-state index is 0.144. The molecular weight excluding hydrogens is 336 g/mol. The van der Waals surface area contributed by atoms with Gasteiger partial charge < -0.3 is 10.4 Å². The fourth-order valence-corrected chi connectivity index (χ4v) is 2.39. The van der Waals surface area contributed by atoms with Crippen molar-refractivity contribution in [2.45, 2.75) is 26.0 Å². The summed E-state index contributed by atoms with van der Waals surface area (Å²) in [5.41, 5.74) is 2.53. The number of rotatable bonds is 5. The number of aliphatic hydroxyl groups excluding tert-OH is 1. The molecule has 2 aromatic heterocycles. The van der Waals surface area contributed by atoms with Gasteiger partial charge in [-0.2, -0.15) is 0 Å². The Hall–Kier alpha value is -2.50. The summed E-state index contributed by atoms with van der Waals surface area (Å²) in [5.74, 6) is 1.22. The van der Waals surface area contributed by atoms with E-state index in [1.54, 1.807) is 19.3 Å². The number of anilines is 1. The van der Waals surface area contributed by atoms with Crippen LogP contribution in [0.25, 0.3) is 22.6 Å². The number of aromatic nitrogens is 3. The lowest BCUT2D eigenvalue weighted by molar-refractivity contribution is 0.177. The van der Waals surface area contributed by atoms with Gasteiger partial charge in [-0.05, 0) is 38.1 Å². The second-order valence-corrected chi connectivity index (χ2v) is 6.32. The average molecular weight is 355 g/mol. The van der Waals surface area contributed by atoms with Gasteiger partial charge in [0.05, 0.1) is 17.8 Å². The third kappa shape index (κ3) is 4.32. The van der Waals surface area contributed by atoms with E-state index in [9.17, 15) is 5.11 Å². The number of nitrogens with zero attached hydrogens (tertiary/aromatic N) is 3. The molecule has 2 atom stereocenters. The highest BCUT2D eigenvalue weighted by molar-refractivity contribution is 6.30. The summed E-state index contributed by atoms with van der Waals surface area (Å²) in [4.78, 5) is 13.4. The van der Waals surface area contributed by atoms with Crippen LogP contribution in [0.5, 0.6) is 0 Å². The summed E-state index contributed by atoms with van der Waals surface area (Å²) in [6, 6.07) is 13.0. The van der Waals surface area contributed by atoms with Crippen molar-refractivity contribution >= 4 is 17.4 Å². The summed E-state index contributed by atoms with van der Waals surface area (Å²) >= 11 is 5.98. The van der Waals surface area contributed by atoms with Gasteiger partial charge in [0.2, 0.25) is 0 Å².